The number of rotatable bonds is 3. The van der Waals surface area contributed by atoms with E-state index < -0.39 is 5.41 Å². The van der Waals surface area contributed by atoms with Gasteiger partial charge in [0, 0.05) is 24.0 Å². The number of hydrogen-bond acceptors (Lipinski definition) is 3. The normalized spacial score (nSPS) is 23.3. The van der Waals surface area contributed by atoms with Crippen molar-refractivity contribution in [3.05, 3.63) is 34.9 Å². The Labute approximate surface area is 142 Å². The summed E-state index contributed by atoms with van der Waals surface area (Å²) in [5.41, 5.74) is 0.356. The number of amides is 1. The number of piperidine rings is 1. The molecule has 1 atom stereocenters. The Bertz CT molecular complexity index is 569. The maximum atomic E-state index is 13.1. The van der Waals surface area contributed by atoms with Crippen LogP contribution in [0, 0.1) is 5.92 Å². The van der Waals surface area contributed by atoms with Gasteiger partial charge in [-0.05, 0) is 44.4 Å². The highest BCUT2D eigenvalue weighted by molar-refractivity contribution is 6.30. The Morgan fingerprint density at radius 2 is 2.04 bits per heavy atom. The fourth-order valence-corrected chi connectivity index (χ4v) is 3.65. The first kappa shape index (κ1) is 16.7. The second-order valence-corrected chi connectivity index (χ2v) is 7.34. The highest BCUT2D eigenvalue weighted by Crippen LogP contribution is 2.31. The molecule has 3 rings (SSSR count). The molecule has 0 bridgehead atoms. The van der Waals surface area contributed by atoms with Crippen LogP contribution in [-0.4, -0.2) is 43.4 Å². The lowest BCUT2D eigenvalue weighted by atomic mass is 9.82. The molecule has 126 valence electrons. The summed E-state index contributed by atoms with van der Waals surface area (Å²) in [6.45, 7) is 6.74. The van der Waals surface area contributed by atoms with Crippen molar-refractivity contribution >= 4 is 17.5 Å². The van der Waals surface area contributed by atoms with E-state index in [9.17, 15) is 4.79 Å². The van der Waals surface area contributed by atoms with Gasteiger partial charge in [0.05, 0.1) is 18.6 Å². The van der Waals surface area contributed by atoms with Crippen molar-refractivity contribution in [1.82, 2.24) is 4.90 Å². The Morgan fingerprint density at radius 1 is 1.30 bits per heavy atom. The van der Waals surface area contributed by atoms with Crippen molar-refractivity contribution in [1.29, 1.82) is 0 Å². The standard InChI is InChI=1S/C18H24ClNO3/c1-18(2,14-6-3-7-15(19)11-14)17(21)20-8-4-5-13(12-20)16-22-9-10-23-16/h3,6-7,11,13,16H,4-5,8-10,12H2,1-2H3. The van der Waals surface area contributed by atoms with Crippen molar-refractivity contribution in [2.24, 2.45) is 5.92 Å². The number of carbonyl (C=O) groups is 1. The maximum absolute atomic E-state index is 13.1. The first-order valence-corrected chi connectivity index (χ1v) is 8.65. The van der Waals surface area contributed by atoms with Gasteiger partial charge >= 0.3 is 0 Å². The SMILES string of the molecule is CC(C)(C(=O)N1CCCC(C2OCCO2)C1)c1cccc(Cl)c1. The van der Waals surface area contributed by atoms with E-state index in [-0.39, 0.29) is 18.1 Å². The number of likely N-dealkylation sites (tertiary alicyclic amines) is 1. The van der Waals surface area contributed by atoms with Crippen molar-refractivity contribution in [3.8, 4) is 0 Å². The van der Waals surface area contributed by atoms with Gasteiger partial charge in [0.15, 0.2) is 6.29 Å². The number of benzene rings is 1. The molecular formula is C18H24ClNO3. The summed E-state index contributed by atoms with van der Waals surface area (Å²) >= 11 is 6.09. The zero-order valence-electron chi connectivity index (χ0n) is 13.8. The molecule has 0 spiro atoms. The lowest BCUT2D eigenvalue weighted by molar-refractivity contribution is -0.144. The third kappa shape index (κ3) is 3.54. The molecular weight excluding hydrogens is 314 g/mol. The fraction of sp³-hybridized carbons (Fsp3) is 0.611. The van der Waals surface area contributed by atoms with Crippen LogP contribution < -0.4 is 0 Å². The minimum absolute atomic E-state index is 0.141. The van der Waals surface area contributed by atoms with Crippen LogP contribution in [0.5, 0.6) is 0 Å². The van der Waals surface area contributed by atoms with Gasteiger partial charge in [-0.15, -0.1) is 0 Å². The Morgan fingerprint density at radius 3 is 2.74 bits per heavy atom. The van der Waals surface area contributed by atoms with E-state index in [0.29, 0.717) is 24.8 Å². The highest BCUT2D eigenvalue weighted by atomic mass is 35.5. The predicted molar refractivity (Wildman–Crippen MR) is 89.5 cm³/mol. The minimum Gasteiger partial charge on any atom is -0.350 e. The van der Waals surface area contributed by atoms with Gasteiger partial charge in [-0.25, -0.2) is 0 Å². The Kier molecular flexibility index (Phi) is 4.95. The average molecular weight is 338 g/mol. The molecule has 5 heteroatoms. The van der Waals surface area contributed by atoms with E-state index in [2.05, 4.69) is 0 Å². The highest BCUT2D eigenvalue weighted by Gasteiger charge is 2.38. The molecule has 4 nitrogen and oxygen atoms in total. The fourth-order valence-electron chi connectivity index (χ4n) is 3.46. The lowest BCUT2D eigenvalue weighted by Gasteiger charge is -2.39. The van der Waals surface area contributed by atoms with Gasteiger partial charge in [0.25, 0.3) is 0 Å². The van der Waals surface area contributed by atoms with Crippen LogP contribution in [0.25, 0.3) is 0 Å². The maximum Gasteiger partial charge on any atom is 0.232 e. The molecule has 0 aliphatic carbocycles. The first-order chi connectivity index (χ1) is 11.0. The second kappa shape index (κ2) is 6.80. The average Bonchev–Trinajstić information content (AvgIpc) is 3.09. The van der Waals surface area contributed by atoms with Crippen LogP contribution in [0.2, 0.25) is 5.02 Å². The summed E-state index contributed by atoms with van der Waals surface area (Å²) in [6, 6.07) is 7.57. The number of ether oxygens (including phenoxy) is 2. The van der Waals surface area contributed by atoms with Crippen LogP contribution in [0.1, 0.15) is 32.3 Å². The topological polar surface area (TPSA) is 38.8 Å². The van der Waals surface area contributed by atoms with Crippen LogP contribution in [0.4, 0.5) is 0 Å². The third-order valence-electron chi connectivity index (χ3n) is 4.86. The third-order valence-corrected chi connectivity index (χ3v) is 5.09. The molecule has 0 radical (unpaired) electrons. The van der Waals surface area contributed by atoms with Crippen molar-refractivity contribution in [2.75, 3.05) is 26.3 Å². The second-order valence-electron chi connectivity index (χ2n) is 6.90. The van der Waals surface area contributed by atoms with Gasteiger partial charge in [-0.3, -0.25) is 4.79 Å². The number of nitrogens with zero attached hydrogens (tertiary/aromatic N) is 1. The zero-order valence-corrected chi connectivity index (χ0v) is 14.5. The van der Waals surface area contributed by atoms with Crippen molar-refractivity contribution in [3.63, 3.8) is 0 Å². The van der Waals surface area contributed by atoms with Gasteiger partial charge in [-0.1, -0.05) is 23.7 Å². The molecule has 1 amide bonds. The van der Waals surface area contributed by atoms with Crippen LogP contribution in [-0.2, 0) is 19.7 Å². The molecule has 1 aromatic rings. The number of hydrogen-bond donors (Lipinski definition) is 0. The van der Waals surface area contributed by atoms with Crippen molar-refractivity contribution in [2.45, 2.75) is 38.4 Å². The Hall–Kier alpha value is -1.10. The molecule has 2 aliphatic rings. The summed E-state index contributed by atoms with van der Waals surface area (Å²) in [7, 11) is 0. The molecule has 2 saturated heterocycles. The first-order valence-electron chi connectivity index (χ1n) is 8.27. The van der Waals surface area contributed by atoms with E-state index in [0.717, 1.165) is 24.9 Å². The minimum atomic E-state index is -0.593. The number of carbonyl (C=O) groups excluding carboxylic acids is 1. The smallest absolute Gasteiger partial charge is 0.232 e. The molecule has 0 saturated carbocycles. The summed E-state index contributed by atoms with van der Waals surface area (Å²) < 4.78 is 11.3. The van der Waals surface area contributed by atoms with Gasteiger partial charge in [0.1, 0.15) is 0 Å². The number of halogens is 1. The van der Waals surface area contributed by atoms with E-state index >= 15 is 0 Å². The molecule has 1 aromatic carbocycles. The van der Waals surface area contributed by atoms with Crippen molar-refractivity contribution < 1.29 is 14.3 Å². The summed E-state index contributed by atoms with van der Waals surface area (Å²) in [5.74, 6) is 0.410. The molecule has 2 fully saturated rings. The van der Waals surface area contributed by atoms with E-state index in [1.54, 1.807) is 0 Å². The van der Waals surface area contributed by atoms with Gasteiger partial charge < -0.3 is 14.4 Å². The van der Waals surface area contributed by atoms with Gasteiger partial charge in [0.2, 0.25) is 5.91 Å². The summed E-state index contributed by atoms with van der Waals surface area (Å²) in [6.07, 6.45) is 1.89. The molecule has 2 aliphatic heterocycles. The monoisotopic (exact) mass is 337 g/mol. The van der Waals surface area contributed by atoms with E-state index in [4.69, 9.17) is 21.1 Å². The lowest BCUT2D eigenvalue weighted by Crippen LogP contribution is -2.49. The largest absolute Gasteiger partial charge is 0.350 e. The van der Waals surface area contributed by atoms with Crippen LogP contribution in [0.15, 0.2) is 24.3 Å². The molecule has 23 heavy (non-hydrogen) atoms. The molecule has 0 N–H and O–H groups in total. The zero-order chi connectivity index (χ0) is 16.4. The summed E-state index contributed by atoms with van der Waals surface area (Å²) in [4.78, 5) is 15.1. The van der Waals surface area contributed by atoms with E-state index in [1.807, 2.05) is 43.0 Å². The Balaban J connectivity index is 1.73. The quantitative estimate of drug-likeness (QED) is 0.850. The van der Waals surface area contributed by atoms with Gasteiger partial charge in [-0.2, -0.15) is 0 Å². The summed E-state index contributed by atoms with van der Waals surface area (Å²) in [5, 5.41) is 0.660. The van der Waals surface area contributed by atoms with Crippen LogP contribution in [0.3, 0.4) is 0 Å². The predicted octanol–water partition coefficient (Wildman–Crippen LogP) is 3.23. The molecule has 2 heterocycles. The molecule has 1 unspecified atom stereocenters. The van der Waals surface area contributed by atoms with Crippen LogP contribution >= 0.6 is 11.6 Å². The van der Waals surface area contributed by atoms with E-state index in [1.165, 1.54) is 0 Å². The molecule has 0 aromatic heterocycles.